The number of hydrogen-bond donors (Lipinski definition) is 2. The molecule has 3 heterocycles. The summed E-state index contributed by atoms with van der Waals surface area (Å²) in [6.07, 6.45) is 5.34. The molecule has 2 amide bonds. The molecule has 1 atom stereocenters. The van der Waals surface area contributed by atoms with Gasteiger partial charge in [0, 0.05) is 42.5 Å². The highest BCUT2D eigenvalue weighted by Crippen LogP contribution is 2.22. The number of pyridine rings is 1. The predicted molar refractivity (Wildman–Crippen MR) is 98.7 cm³/mol. The highest BCUT2D eigenvalue weighted by atomic mass is 32.1. The van der Waals surface area contributed by atoms with Crippen molar-refractivity contribution in [1.29, 1.82) is 0 Å². The van der Waals surface area contributed by atoms with Crippen LogP contribution in [0, 0.1) is 0 Å². The summed E-state index contributed by atoms with van der Waals surface area (Å²) in [7, 11) is 0. The van der Waals surface area contributed by atoms with Crippen LogP contribution in [-0.2, 0) is 16.1 Å². The van der Waals surface area contributed by atoms with Gasteiger partial charge in [0.05, 0.1) is 12.5 Å². The molecule has 0 saturated heterocycles. The Morgan fingerprint density at radius 1 is 1.23 bits per heavy atom. The first-order valence-electron chi connectivity index (χ1n) is 8.14. The van der Waals surface area contributed by atoms with Crippen LogP contribution in [0.2, 0.25) is 0 Å². The van der Waals surface area contributed by atoms with Gasteiger partial charge in [-0.2, -0.15) is 5.10 Å². The van der Waals surface area contributed by atoms with Crippen molar-refractivity contribution in [3.8, 4) is 5.82 Å². The highest BCUT2D eigenvalue weighted by molar-refractivity contribution is 7.10. The number of thiophene rings is 1. The fraction of sp³-hybridized carbons (Fsp3) is 0.222. The number of nitrogens with one attached hydrogen (secondary N) is 2. The van der Waals surface area contributed by atoms with Crippen molar-refractivity contribution >= 4 is 23.2 Å². The zero-order chi connectivity index (χ0) is 18.4. The second-order valence-corrected chi connectivity index (χ2v) is 6.67. The molecule has 3 rings (SSSR count). The molecule has 8 heteroatoms. The van der Waals surface area contributed by atoms with E-state index < -0.39 is 0 Å². The smallest absolute Gasteiger partial charge is 0.222 e. The zero-order valence-corrected chi connectivity index (χ0v) is 15.1. The second-order valence-electron chi connectivity index (χ2n) is 5.69. The Bertz CT molecular complexity index is 862. The van der Waals surface area contributed by atoms with Crippen LogP contribution in [0.1, 0.15) is 29.8 Å². The van der Waals surface area contributed by atoms with E-state index in [1.165, 1.54) is 18.3 Å². The third-order valence-corrected chi connectivity index (χ3v) is 4.70. The van der Waals surface area contributed by atoms with E-state index in [1.807, 2.05) is 35.7 Å². The Kier molecular flexibility index (Phi) is 5.75. The van der Waals surface area contributed by atoms with Gasteiger partial charge < -0.3 is 10.6 Å². The lowest BCUT2D eigenvalue weighted by atomic mass is 10.1. The second kappa shape index (κ2) is 8.39. The van der Waals surface area contributed by atoms with Crippen LogP contribution in [-0.4, -0.2) is 26.6 Å². The first kappa shape index (κ1) is 17.8. The summed E-state index contributed by atoms with van der Waals surface area (Å²) in [6, 6.07) is 9.02. The topological polar surface area (TPSA) is 88.9 Å². The van der Waals surface area contributed by atoms with Gasteiger partial charge in [-0.05, 0) is 23.6 Å². The van der Waals surface area contributed by atoms with Gasteiger partial charge in [-0.3, -0.25) is 9.59 Å². The van der Waals surface area contributed by atoms with Gasteiger partial charge >= 0.3 is 0 Å². The van der Waals surface area contributed by atoms with E-state index in [0.29, 0.717) is 12.4 Å². The standard InChI is InChI=1S/C18H19N5O2S/c1-13(24)22-15(16-6-3-10-26-16)11-17(25)20-12-14-5-2-7-19-18(14)23-9-4-8-21-23/h2-10,15H,11-12H2,1H3,(H,20,25)(H,22,24). The first-order valence-corrected chi connectivity index (χ1v) is 9.02. The van der Waals surface area contributed by atoms with Crippen molar-refractivity contribution in [2.75, 3.05) is 0 Å². The number of aromatic nitrogens is 3. The Morgan fingerprint density at radius 3 is 2.81 bits per heavy atom. The van der Waals surface area contributed by atoms with Crippen LogP contribution in [0.3, 0.4) is 0 Å². The molecule has 0 aromatic carbocycles. The van der Waals surface area contributed by atoms with Crippen LogP contribution in [0.4, 0.5) is 0 Å². The monoisotopic (exact) mass is 369 g/mol. The fourth-order valence-electron chi connectivity index (χ4n) is 2.58. The van der Waals surface area contributed by atoms with E-state index in [4.69, 9.17) is 0 Å². The minimum Gasteiger partial charge on any atom is -0.352 e. The van der Waals surface area contributed by atoms with Crippen molar-refractivity contribution in [2.24, 2.45) is 0 Å². The lowest BCUT2D eigenvalue weighted by Crippen LogP contribution is -2.32. The van der Waals surface area contributed by atoms with Gasteiger partial charge in [0.2, 0.25) is 11.8 Å². The lowest BCUT2D eigenvalue weighted by molar-refractivity contribution is -0.122. The number of amides is 2. The normalized spacial score (nSPS) is 11.7. The van der Waals surface area contributed by atoms with Crippen LogP contribution < -0.4 is 10.6 Å². The summed E-state index contributed by atoms with van der Waals surface area (Å²) in [5.41, 5.74) is 0.858. The fourth-order valence-corrected chi connectivity index (χ4v) is 3.36. The summed E-state index contributed by atoms with van der Waals surface area (Å²) in [6.45, 7) is 1.78. The predicted octanol–water partition coefficient (Wildman–Crippen LogP) is 2.21. The Morgan fingerprint density at radius 2 is 2.12 bits per heavy atom. The van der Waals surface area contributed by atoms with Crippen LogP contribution in [0.15, 0.2) is 54.3 Å². The summed E-state index contributed by atoms with van der Waals surface area (Å²) >= 11 is 1.51. The molecule has 0 aliphatic rings. The number of carbonyl (C=O) groups excluding carboxylic acids is 2. The molecule has 7 nitrogen and oxygen atoms in total. The van der Waals surface area contributed by atoms with Crippen molar-refractivity contribution in [3.63, 3.8) is 0 Å². The van der Waals surface area contributed by atoms with Crippen molar-refractivity contribution in [3.05, 3.63) is 64.7 Å². The third-order valence-electron chi connectivity index (χ3n) is 3.72. The first-order chi connectivity index (χ1) is 12.6. The van der Waals surface area contributed by atoms with E-state index in [2.05, 4.69) is 20.7 Å². The Labute approximate surface area is 155 Å². The van der Waals surface area contributed by atoms with Gasteiger partial charge in [-0.15, -0.1) is 11.3 Å². The summed E-state index contributed by atoms with van der Waals surface area (Å²) in [5.74, 6) is 0.367. The maximum Gasteiger partial charge on any atom is 0.222 e. The van der Waals surface area contributed by atoms with E-state index in [1.54, 1.807) is 23.3 Å². The van der Waals surface area contributed by atoms with E-state index >= 15 is 0 Å². The van der Waals surface area contributed by atoms with Gasteiger partial charge in [-0.25, -0.2) is 9.67 Å². The summed E-state index contributed by atoms with van der Waals surface area (Å²) in [5, 5.41) is 11.8. The van der Waals surface area contributed by atoms with Gasteiger partial charge in [-0.1, -0.05) is 12.1 Å². The average molecular weight is 369 g/mol. The molecule has 0 radical (unpaired) electrons. The van der Waals surface area contributed by atoms with Crippen molar-refractivity contribution in [1.82, 2.24) is 25.4 Å². The third kappa shape index (κ3) is 4.54. The molecule has 134 valence electrons. The molecule has 0 bridgehead atoms. The Hall–Kier alpha value is -3.00. The quantitative estimate of drug-likeness (QED) is 0.668. The maximum atomic E-state index is 12.4. The molecule has 0 saturated carbocycles. The maximum absolute atomic E-state index is 12.4. The van der Waals surface area contributed by atoms with Crippen molar-refractivity contribution < 1.29 is 9.59 Å². The van der Waals surface area contributed by atoms with Gasteiger partial charge in [0.25, 0.3) is 0 Å². The lowest BCUT2D eigenvalue weighted by Gasteiger charge is -2.16. The summed E-state index contributed by atoms with van der Waals surface area (Å²) in [4.78, 5) is 29.1. The molecule has 0 aliphatic heterocycles. The zero-order valence-electron chi connectivity index (χ0n) is 14.3. The molecular weight excluding hydrogens is 350 g/mol. The SMILES string of the molecule is CC(=O)NC(CC(=O)NCc1cccnc1-n1cccn1)c1cccs1. The van der Waals surface area contributed by atoms with Crippen LogP contribution >= 0.6 is 11.3 Å². The summed E-state index contributed by atoms with van der Waals surface area (Å²) < 4.78 is 1.66. The number of rotatable bonds is 7. The molecular formula is C18H19N5O2S. The molecule has 0 spiro atoms. The molecule has 3 aromatic heterocycles. The largest absolute Gasteiger partial charge is 0.352 e. The van der Waals surface area contributed by atoms with E-state index in [-0.39, 0.29) is 24.3 Å². The molecule has 0 aliphatic carbocycles. The molecule has 26 heavy (non-hydrogen) atoms. The van der Waals surface area contributed by atoms with E-state index in [0.717, 1.165) is 10.4 Å². The van der Waals surface area contributed by atoms with Gasteiger partial charge in [0.1, 0.15) is 0 Å². The van der Waals surface area contributed by atoms with Crippen molar-refractivity contribution in [2.45, 2.75) is 25.9 Å². The number of carbonyl (C=O) groups is 2. The minimum absolute atomic E-state index is 0.146. The highest BCUT2D eigenvalue weighted by Gasteiger charge is 2.18. The molecule has 0 fully saturated rings. The van der Waals surface area contributed by atoms with Crippen LogP contribution in [0.25, 0.3) is 5.82 Å². The van der Waals surface area contributed by atoms with Gasteiger partial charge in [0.15, 0.2) is 5.82 Å². The van der Waals surface area contributed by atoms with Crippen LogP contribution in [0.5, 0.6) is 0 Å². The average Bonchev–Trinajstić information content (AvgIpc) is 3.33. The minimum atomic E-state index is -0.327. The number of hydrogen-bond acceptors (Lipinski definition) is 5. The van der Waals surface area contributed by atoms with E-state index in [9.17, 15) is 9.59 Å². The number of nitrogens with zero attached hydrogens (tertiary/aromatic N) is 3. The Balaban J connectivity index is 1.65. The molecule has 3 aromatic rings. The molecule has 1 unspecified atom stereocenters. The molecule has 2 N–H and O–H groups in total.